The average Bonchev–Trinajstić information content (AvgIpc) is 3.23. The van der Waals surface area contributed by atoms with Crippen LogP contribution in [0.5, 0.6) is 0 Å². The van der Waals surface area contributed by atoms with Gasteiger partial charge in [0.15, 0.2) is 0 Å². The zero-order valence-corrected chi connectivity index (χ0v) is 17.0. The molecule has 4 rings (SSSR count). The van der Waals surface area contributed by atoms with Gasteiger partial charge >= 0.3 is 0 Å². The van der Waals surface area contributed by atoms with Crippen molar-refractivity contribution >= 4 is 23.2 Å². The summed E-state index contributed by atoms with van der Waals surface area (Å²) in [4.78, 5) is 28.8. The molecule has 0 bridgehead atoms. The number of carbonyl (C=O) groups excluding carboxylic acids is 2. The van der Waals surface area contributed by atoms with Crippen LogP contribution in [0.3, 0.4) is 0 Å². The number of carbonyl (C=O) groups is 2. The van der Waals surface area contributed by atoms with Crippen molar-refractivity contribution in [2.45, 2.75) is 51.0 Å². The summed E-state index contributed by atoms with van der Waals surface area (Å²) in [5, 5.41) is 5.13. The lowest BCUT2D eigenvalue weighted by atomic mass is 9.88. The number of nitrogens with zero attached hydrogens (tertiary/aromatic N) is 1. The number of hydrogen-bond donors (Lipinski definition) is 1. The van der Waals surface area contributed by atoms with Crippen LogP contribution in [-0.2, 0) is 16.0 Å². The number of amides is 2. The van der Waals surface area contributed by atoms with Crippen LogP contribution in [0.2, 0.25) is 0 Å². The molecule has 1 aliphatic carbocycles. The average molecular weight is 397 g/mol. The van der Waals surface area contributed by atoms with Crippen LogP contribution in [-0.4, -0.2) is 29.8 Å². The molecule has 0 spiro atoms. The Balaban J connectivity index is 1.40. The highest BCUT2D eigenvalue weighted by Crippen LogP contribution is 2.37. The first-order valence-corrected chi connectivity index (χ1v) is 11.3. The highest BCUT2D eigenvalue weighted by molar-refractivity contribution is 7.10. The number of nitrogens with one attached hydrogen (secondary N) is 1. The predicted molar refractivity (Wildman–Crippen MR) is 112 cm³/mol. The minimum absolute atomic E-state index is 0.0160. The molecule has 1 fully saturated rings. The second-order valence-corrected chi connectivity index (χ2v) is 8.83. The van der Waals surface area contributed by atoms with Crippen molar-refractivity contribution in [3.05, 3.63) is 57.8 Å². The van der Waals surface area contributed by atoms with Gasteiger partial charge in [0.25, 0.3) is 0 Å². The summed E-state index contributed by atoms with van der Waals surface area (Å²) < 4.78 is 0. The zero-order valence-electron chi connectivity index (χ0n) is 16.2. The van der Waals surface area contributed by atoms with Crippen molar-refractivity contribution in [3.8, 4) is 0 Å². The minimum atomic E-state index is -0.0160. The van der Waals surface area contributed by atoms with E-state index in [0.29, 0.717) is 13.0 Å². The molecule has 5 heteroatoms. The van der Waals surface area contributed by atoms with Gasteiger partial charge in [0.1, 0.15) is 0 Å². The molecule has 0 saturated heterocycles. The van der Waals surface area contributed by atoms with Crippen LogP contribution in [0, 0.1) is 5.92 Å². The topological polar surface area (TPSA) is 49.4 Å². The molecule has 4 nitrogen and oxygen atoms in total. The van der Waals surface area contributed by atoms with E-state index in [2.05, 4.69) is 28.9 Å². The molecule has 1 N–H and O–H groups in total. The molecule has 1 aliphatic heterocycles. The lowest BCUT2D eigenvalue weighted by Crippen LogP contribution is -2.42. The third kappa shape index (κ3) is 4.14. The van der Waals surface area contributed by atoms with Gasteiger partial charge in [-0.1, -0.05) is 49.6 Å². The number of hydrogen-bond acceptors (Lipinski definition) is 3. The number of thiophene rings is 1. The molecule has 1 saturated carbocycles. The van der Waals surface area contributed by atoms with E-state index < -0.39 is 0 Å². The van der Waals surface area contributed by atoms with E-state index in [-0.39, 0.29) is 23.8 Å². The van der Waals surface area contributed by atoms with Crippen LogP contribution < -0.4 is 5.32 Å². The molecule has 1 unspecified atom stereocenters. The Labute approximate surface area is 170 Å². The number of rotatable bonds is 5. The third-order valence-corrected chi connectivity index (χ3v) is 7.01. The highest BCUT2D eigenvalue weighted by Gasteiger charge is 2.32. The SMILES string of the molecule is O=C(NCCC(=O)N1CCc2sccc2C1c1ccccc1)C1CCCCC1. The fourth-order valence-electron chi connectivity index (χ4n) is 4.53. The van der Waals surface area contributed by atoms with E-state index in [4.69, 9.17) is 0 Å². The Kier molecular flexibility index (Phi) is 6.10. The van der Waals surface area contributed by atoms with E-state index in [1.807, 2.05) is 23.1 Å². The van der Waals surface area contributed by atoms with Crippen LogP contribution in [0.25, 0.3) is 0 Å². The van der Waals surface area contributed by atoms with E-state index in [1.165, 1.54) is 16.9 Å². The van der Waals surface area contributed by atoms with Gasteiger partial charge in [-0.05, 0) is 41.8 Å². The first kappa shape index (κ1) is 19.2. The maximum Gasteiger partial charge on any atom is 0.225 e. The predicted octanol–water partition coefficient (Wildman–Crippen LogP) is 4.31. The highest BCUT2D eigenvalue weighted by atomic mass is 32.1. The van der Waals surface area contributed by atoms with E-state index in [9.17, 15) is 9.59 Å². The number of benzene rings is 1. The lowest BCUT2D eigenvalue weighted by molar-refractivity contribution is -0.133. The quantitative estimate of drug-likeness (QED) is 0.819. The Morgan fingerprint density at radius 2 is 1.86 bits per heavy atom. The second-order valence-electron chi connectivity index (χ2n) is 7.83. The molecular weight excluding hydrogens is 368 g/mol. The lowest BCUT2D eigenvalue weighted by Gasteiger charge is -2.36. The summed E-state index contributed by atoms with van der Waals surface area (Å²) in [5.41, 5.74) is 2.41. The van der Waals surface area contributed by atoms with Gasteiger partial charge in [0.05, 0.1) is 6.04 Å². The molecule has 2 amide bonds. The number of fused-ring (bicyclic) bond motifs is 1. The first-order chi connectivity index (χ1) is 13.7. The maximum absolute atomic E-state index is 13.0. The van der Waals surface area contributed by atoms with Crippen LogP contribution in [0.4, 0.5) is 0 Å². The monoisotopic (exact) mass is 396 g/mol. The van der Waals surface area contributed by atoms with Gasteiger partial charge < -0.3 is 10.2 Å². The van der Waals surface area contributed by atoms with Crippen molar-refractivity contribution in [2.24, 2.45) is 5.92 Å². The Morgan fingerprint density at radius 1 is 1.07 bits per heavy atom. The molecule has 28 heavy (non-hydrogen) atoms. The largest absolute Gasteiger partial charge is 0.355 e. The van der Waals surface area contributed by atoms with Gasteiger partial charge in [-0.25, -0.2) is 0 Å². The Hall–Kier alpha value is -2.14. The van der Waals surface area contributed by atoms with Crippen molar-refractivity contribution in [2.75, 3.05) is 13.1 Å². The first-order valence-electron chi connectivity index (χ1n) is 10.4. The molecule has 2 aliphatic rings. The second kappa shape index (κ2) is 8.91. The van der Waals surface area contributed by atoms with Gasteiger partial charge in [-0.15, -0.1) is 11.3 Å². The molecule has 148 valence electrons. The van der Waals surface area contributed by atoms with Crippen LogP contribution in [0.15, 0.2) is 41.8 Å². The van der Waals surface area contributed by atoms with Crippen molar-refractivity contribution < 1.29 is 9.59 Å². The molecule has 0 radical (unpaired) electrons. The molecule has 1 atom stereocenters. The molecular formula is C23H28N2O2S. The van der Waals surface area contributed by atoms with Crippen molar-refractivity contribution in [1.29, 1.82) is 0 Å². The summed E-state index contributed by atoms with van der Waals surface area (Å²) in [6, 6.07) is 12.4. The van der Waals surface area contributed by atoms with Gasteiger partial charge in [0, 0.05) is 30.3 Å². The van der Waals surface area contributed by atoms with Gasteiger partial charge in [-0.2, -0.15) is 0 Å². The smallest absolute Gasteiger partial charge is 0.225 e. The van der Waals surface area contributed by atoms with Crippen molar-refractivity contribution in [1.82, 2.24) is 10.2 Å². The van der Waals surface area contributed by atoms with Crippen LogP contribution >= 0.6 is 11.3 Å². The van der Waals surface area contributed by atoms with E-state index >= 15 is 0 Å². The summed E-state index contributed by atoms with van der Waals surface area (Å²) in [6.07, 6.45) is 6.78. The standard InChI is InChI=1S/C23H28N2O2S/c26-21(11-14-24-23(27)18-9-5-2-6-10-18)25-15-12-20-19(13-16-28-20)22(25)17-7-3-1-4-8-17/h1,3-4,7-8,13,16,18,22H,2,5-6,9-12,14-15H2,(H,24,27). The van der Waals surface area contributed by atoms with Crippen LogP contribution in [0.1, 0.15) is 60.6 Å². The normalized spacial score (nSPS) is 19.9. The summed E-state index contributed by atoms with van der Waals surface area (Å²) >= 11 is 1.78. The zero-order chi connectivity index (χ0) is 19.3. The summed E-state index contributed by atoms with van der Waals surface area (Å²) in [6.45, 7) is 1.17. The molecule has 1 aromatic carbocycles. The Morgan fingerprint density at radius 3 is 2.64 bits per heavy atom. The summed E-state index contributed by atoms with van der Waals surface area (Å²) in [5.74, 6) is 0.393. The van der Waals surface area contributed by atoms with Gasteiger partial charge in [0.2, 0.25) is 11.8 Å². The van der Waals surface area contributed by atoms with Crippen molar-refractivity contribution in [3.63, 3.8) is 0 Å². The molecule has 2 aromatic rings. The summed E-state index contributed by atoms with van der Waals surface area (Å²) in [7, 11) is 0. The van der Waals surface area contributed by atoms with E-state index in [0.717, 1.165) is 44.2 Å². The molecule has 1 aromatic heterocycles. The van der Waals surface area contributed by atoms with E-state index in [1.54, 1.807) is 11.3 Å². The Bertz CT molecular complexity index is 811. The fraction of sp³-hybridized carbons (Fsp3) is 0.478. The minimum Gasteiger partial charge on any atom is -0.355 e. The van der Waals surface area contributed by atoms with Gasteiger partial charge in [-0.3, -0.25) is 9.59 Å². The maximum atomic E-state index is 13.0. The third-order valence-electron chi connectivity index (χ3n) is 6.02. The molecule has 2 heterocycles. The fourth-order valence-corrected chi connectivity index (χ4v) is 5.43.